The zero-order chi connectivity index (χ0) is 19.6. The van der Waals surface area contributed by atoms with Gasteiger partial charge in [-0.2, -0.15) is 8.78 Å². The number of furan rings is 1. The van der Waals surface area contributed by atoms with Gasteiger partial charge in [-0.1, -0.05) is 13.3 Å². The summed E-state index contributed by atoms with van der Waals surface area (Å²) in [6.07, 6.45) is 2.08. The number of alkyl halides is 2. The number of rotatable bonds is 8. The third-order valence-electron chi connectivity index (χ3n) is 4.06. The smallest absolute Gasteiger partial charge is 0.387 e. The molecule has 0 spiro atoms. The van der Waals surface area contributed by atoms with Crippen LogP contribution in [0.1, 0.15) is 30.1 Å². The highest BCUT2D eigenvalue weighted by atomic mass is 32.2. The van der Waals surface area contributed by atoms with E-state index in [9.17, 15) is 22.0 Å². The number of ether oxygens (including phenoxy) is 1. The molecular formula is C18H17F2NO5S. The lowest BCUT2D eigenvalue weighted by Crippen LogP contribution is -2.24. The molecule has 144 valence electrons. The van der Waals surface area contributed by atoms with Crippen molar-refractivity contribution in [3.8, 4) is 5.75 Å². The van der Waals surface area contributed by atoms with Gasteiger partial charge in [0.25, 0.3) is 0 Å². The summed E-state index contributed by atoms with van der Waals surface area (Å²) in [6.45, 7) is -0.824. The van der Waals surface area contributed by atoms with Crippen LogP contribution in [0.15, 0.2) is 39.6 Å². The largest absolute Gasteiger partial charge is 0.452 e. The summed E-state index contributed by atoms with van der Waals surface area (Å²) < 4.78 is 62.6. The highest BCUT2D eigenvalue weighted by Crippen LogP contribution is 2.38. The number of hydrogen-bond donors (Lipinski definition) is 1. The van der Waals surface area contributed by atoms with Crippen LogP contribution in [0.5, 0.6) is 5.75 Å². The zero-order valence-electron chi connectivity index (χ0n) is 14.4. The number of sulfonamides is 1. The summed E-state index contributed by atoms with van der Waals surface area (Å²) >= 11 is 0. The van der Waals surface area contributed by atoms with Crippen molar-refractivity contribution in [1.82, 2.24) is 4.72 Å². The van der Waals surface area contributed by atoms with E-state index in [1.807, 2.05) is 6.92 Å². The molecule has 0 radical (unpaired) electrons. The monoisotopic (exact) mass is 397 g/mol. The Labute approximate surface area is 154 Å². The van der Waals surface area contributed by atoms with Crippen molar-refractivity contribution in [2.45, 2.75) is 31.3 Å². The molecule has 6 nitrogen and oxygen atoms in total. The maximum absolute atomic E-state index is 12.6. The topological polar surface area (TPSA) is 85.6 Å². The third-order valence-corrected chi connectivity index (χ3v) is 5.52. The van der Waals surface area contributed by atoms with E-state index in [1.165, 1.54) is 30.3 Å². The van der Waals surface area contributed by atoms with Gasteiger partial charge in [-0.25, -0.2) is 13.1 Å². The number of benzene rings is 2. The molecule has 0 aliphatic carbocycles. The zero-order valence-corrected chi connectivity index (χ0v) is 15.2. The SMILES string of the molecule is CCCCNS(=O)(=O)c1ccc2oc3c(OC(F)F)ccc(C=O)c3c2c1. The minimum absolute atomic E-state index is 0.00849. The maximum Gasteiger partial charge on any atom is 0.387 e. The molecule has 2 aromatic carbocycles. The fraction of sp³-hybridized carbons (Fsp3) is 0.278. The van der Waals surface area contributed by atoms with Crippen molar-refractivity contribution in [2.75, 3.05) is 6.54 Å². The Morgan fingerprint density at radius 1 is 1.26 bits per heavy atom. The molecule has 0 atom stereocenters. The molecule has 1 aromatic heterocycles. The van der Waals surface area contributed by atoms with Gasteiger partial charge in [0.1, 0.15) is 5.58 Å². The maximum atomic E-state index is 12.6. The molecule has 27 heavy (non-hydrogen) atoms. The Morgan fingerprint density at radius 3 is 2.70 bits per heavy atom. The van der Waals surface area contributed by atoms with Crippen LogP contribution in [0.2, 0.25) is 0 Å². The molecule has 0 unspecified atom stereocenters. The number of carbonyl (C=O) groups is 1. The first-order valence-corrected chi connectivity index (χ1v) is 9.74. The van der Waals surface area contributed by atoms with E-state index >= 15 is 0 Å². The number of halogens is 2. The van der Waals surface area contributed by atoms with Gasteiger partial charge >= 0.3 is 6.61 Å². The second-order valence-corrected chi connectivity index (χ2v) is 7.63. The molecule has 1 N–H and O–H groups in total. The van der Waals surface area contributed by atoms with E-state index in [0.717, 1.165) is 6.42 Å². The standard InChI is InChI=1S/C18H17F2NO5S/c1-2-3-8-21-27(23,24)12-5-7-14-13(9-12)16-11(10-22)4-6-15(17(16)25-14)26-18(19)20/h4-7,9-10,18,21H,2-3,8H2,1H3. The van der Waals surface area contributed by atoms with Crippen molar-refractivity contribution in [2.24, 2.45) is 0 Å². The summed E-state index contributed by atoms with van der Waals surface area (Å²) in [4.78, 5) is 11.4. The average molecular weight is 397 g/mol. The number of hydrogen-bond acceptors (Lipinski definition) is 5. The first-order valence-electron chi connectivity index (χ1n) is 8.26. The van der Waals surface area contributed by atoms with Crippen molar-refractivity contribution in [1.29, 1.82) is 0 Å². The van der Waals surface area contributed by atoms with Crippen molar-refractivity contribution < 1.29 is 31.1 Å². The lowest BCUT2D eigenvalue weighted by molar-refractivity contribution is -0.0493. The Hall–Kier alpha value is -2.52. The Kier molecular flexibility index (Phi) is 5.43. The highest BCUT2D eigenvalue weighted by Gasteiger charge is 2.21. The van der Waals surface area contributed by atoms with Gasteiger partial charge in [0, 0.05) is 22.9 Å². The fourth-order valence-electron chi connectivity index (χ4n) is 2.78. The number of unbranched alkanes of at least 4 members (excludes halogenated alkanes) is 1. The van der Waals surface area contributed by atoms with Crippen LogP contribution in [-0.4, -0.2) is 27.9 Å². The van der Waals surface area contributed by atoms with Gasteiger partial charge in [-0.15, -0.1) is 0 Å². The quantitative estimate of drug-likeness (QED) is 0.457. The fourth-order valence-corrected chi connectivity index (χ4v) is 3.88. The van der Waals surface area contributed by atoms with Crippen LogP contribution in [-0.2, 0) is 10.0 Å². The first-order chi connectivity index (χ1) is 12.9. The average Bonchev–Trinajstić information content (AvgIpc) is 3.01. The molecule has 3 rings (SSSR count). The minimum atomic E-state index is -3.75. The van der Waals surface area contributed by atoms with E-state index in [0.29, 0.717) is 24.6 Å². The molecule has 0 fully saturated rings. The molecule has 9 heteroatoms. The Bertz CT molecular complexity index is 1090. The molecule has 0 aliphatic heterocycles. The van der Waals surface area contributed by atoms with Crippen LogP contribution < -0.4 is 9.46 Å². The Balaban J connectivity index is 2.18. The van der Waals surface area contributed by atoms with E-state index in [4.69, 9.17) is 4.42 Å². The molecule has 0 amide bonds. The van der Waals surface area contributed by atoms with Gasteiger partial charge < -0.3 is 9.15 Å². The van der Waals surface area contributed by atoms with Crippen molar-refractivity contribution in [3.63, 3.8) is 0 Å². The highest BCUT2D eigenvalue weighted by molar-refractivity contribution is 7.89. The molecule has 0 bridgehead atoms. The van der Waals surface area contributed by atoms with Crippen LogP contribution in [0.25, 0.3) is 21.9 Å². The van der Waals surface area contributed by atoms with Gasteiger partial charge in [-0.3, -0.25) is 4.79 Å². The molecule has 1 heterocycles. The molecule has 0 aliphatic rings. The van der Waals surface area contributed by atoms with Crippen molar-refractivity contribution in [3.05, 3.63) is 35.9 Å². The van der Waals surface area contributed by atoms with Gasteiger partial charge in [0.2, 0.25) is 10.0 Å². The molecule has 3 aromatic rings. The van der Waals surface area contributed by atoms with Crippen molar-refractivity contribution >= 4 is 38.2 Å². The lowest BCUT2D eigenvalue weighted by atomic mass is 10.1. The normalized spacial score (nSPS) is 12.1. The number of carbonyl (C=O) groups excluding carboxylic acids is 1. The van der Waals surface area contributed by atoms with Gasteiger partial charge in [-0.05, 0) is 36.8 Å². The van der Waals surface area contributed by atoms with E-state index in [-0.39, 0.29) is 32.8 Å². The van der Waals surface area contributed by atoms with Crippen LogP contribution >= 0.6 is 0 Å². The summed E-state index contributed by atoms with van der Waals surface area (Å²) in [5, 5.41) is 0.550. The molecule has 0 saturated carbocycles. The number of nitrogens with one attached hydrogen (secondary N) is 1. The van der Waals surface area contributed by atoms with E-state index in [2.05, 4.69) is 9.46 Å². The predicted octanol–water partition coefficient (Wildman–Crippen LogP) is 4.08. The first kappa shape index (κ1) is 19.2. The summed E-state index contributed by atoms with van der Waals surface area (Å²) in [5.74, 6) is -0.229. The number of fused-ring (bicyclic) bond motifs is 3. The minimum Gasteiger partial charge on any atom is -0.452 e. The van der Waals surface area contributed by atoms with Gasteiger partial charge in [0.05, 0.1) is 4.90 Å². The molecular weight excluding hydrogens is 380 g/mol. The summed E-state index contributed by atoms with van der Waals surface area (Å²) in [7, 11) is -3.75. The Morgan fingerprint density at radius 2 is 2.04 bits per heavy atom. The third kappa shape index (κ3) is 3.79. The summed E-state index contributed by atoms with van der Waals surface area (Å²) in [5.41, 5.74) is 0.396. The lowest BCUT2D eigenvalue weighted by Gasteiger charge is -2.06. The van der Waals surface area contributed by atoms with Crippen LogP contribution in [0.4, 0.5) is 8.78 Å². The van der Waals surface area contributed by atoms with E-state index in [1.54, 1.807) is 0 Å². The van der Waals surface area contributed by atoms with Crippen LogP contribution in [0, 0.1) is 0 Å². The second kappa shape index (κ2) is 7.61. The van der Waals surface area contributed by atoms with Gasteiger partial charge in [0.15, 0.2) is 17.6 Å². The second-order valence-electron chi connectivity index (χ2n) is 5.86. The predicted molar refractivity (Wildman–Crippen MR) is 95.8 cm³/mol. The summed E-state index contributed by atoms with van der Waals surface area (Å²) in [6, 6.07) is 6.67. The van der Waals surface area contributed by atoms with Crippen LogP contribution in [0.3, 0.4) is 0 Å². The van der Waals surface area contributed by atoms with E-state index < -0.39 is 16.6 Å². The molecule has 0 saturated heterocycles. The number of aldehydes is 1.